The van der Waals surface area contributed by atoms with Crippen LogP contribution in [0.1, 0.15) is 84.5 Å². The number of carbonyl (C=O) groups is 1. The molecule has 5 heterocycles. The van der Waals surface area contributed by atoms with Crippen LogP contribution in [0.4, 0.5) is 51.2 Å². The van der Waals surface area contributed by atoms with E-state index in [-0.39, 0.29) is 99.7 Å². The summed E-state index contributed by atoms with van der Waals surface area (Å²) in [7, 11) is 8.47. The van der Waals surface area contributed by atoms with E-state index in [1.807, 2.05) is 36.4 Å². The summed E-state index contributed by atoms with van der Waals surface area (Å²) in [5, 5.41) is 27.5. The third-order valence-corrected chi connectivity index (χ3v) is 20.7. The Bertz CT molecular complexity index is 3580. The van der Waals surface area contributed by atoms with Gasteiger partial charge in [0.25, 0.3) is 17.3 Å². The average molecular weight is 1700 g/mol. The number of nitro benzene ring substituents is 2. The van der Waals surface area contributed by atoms with Crippen LogP contribution >= 0.6 is 81.5 Å². The quantitative estimate of drug-likeness (QED) is 0.00814. The van der Waals surface area contributed by atoms with Gasteiger partial charge in [0.15, 0.2) is 5.75 Å². The van der Waals surface area contributed by atoms with Crippen LogP contribution in [0.15, 0.2) is 140 Å². The van der Waals surface area contributed by atoms with E-state index < -0.39 is 0 Å². The van der Waals surface area contributed by atoms with Crippen LogP contribution in [0.3, 0.4) is 0 Å². The van der Waals surface area contributed by atoms with Crippen molar-refractivity contribution < 1.29 is 43.1 Å². The molecule has 0 radical (unpaired) electrons. The number of halogens is 2. The number of benzene rings is 5. The number of carbonyl (C=O) groups excluding carboxylic acids is 1. The summed E-state index contributed by atoms with van der Waals surface area (Å²) in [5.74, 6) is 0.685. The van der Waals surface area contributed by atoms with Crippen molar-refractivity contribution >= 4 is 139 Å². The largest absolute Gasteiger partial charge is 0.490 e. The molecule has 616 valence electrons. The first kappa shape index (κ1) is 96.8. The molecule has 26 nitrogen and oxygen atoms in total. The summed E-state index contributed by atoms with van der Waals surface area (Å²) in [6.45, 7) is 19.5. The number of nitrogen functional groups attached to an aromatic ring is 2. The second-order valence-electron chi connectivity index (χ2n) is 27.8. The number of nitrogens with zero attached hydrogens (tertiary/aromatic N) is 11. The highest BCUT2D eigenvalue weighted by Crippen LogP contribution is 2.40. The summed E-state index contributed by atoms with van der Waals surface area (Å²) in [4.78, 5) is 58.1. The van der Waals surface area contributed by atoms with E-state index in [2.05, 4.69) is 102 Å². The normalized spacial score (nSPS) is 18.8. The highest BCUT2D eigenvalue weighted by molar-refractivity contribution is 9.09. The summed E-state index contributed by atoms with van der Waals surface area (Å²) in [5.41, 5.74) is 18.9. The van der Waals surface area contributed by atoms with E-state index in [1.54, 1.807) is 77.0 Å². The highest BCUT2D eigenvalue weighted by atomic mass is 79.9. The molecular weight excluding hydrogens is 1580 g/mol. The molecule has 111 heavy (non-hydrogen) atoms. The van der Waals surface area contributed by atoms with Gasteiger partial charge in [0, 0.05) is 224 Å². The molecule has 0 spiro atoms. The number of alkyl halides is 1. The maximum atomic E-state index is 11.3. The minimum atomic E-state index is -0.383. The Kier molecular flexibility index (Phi) is 44.1. The third-order valence-electron chi connectivity index (χ3n) is 19.6. The molecule has 6 aromatic rings. The second-order valence-corrected chi connectivity index (χ2v) is 29.5. The van der Waals surface area contributed by atoms with Gasteiger partial charge in [-0.2, -0.15) is 59.0 Å². The fourth-order valence-corrected chi connectivity index (χ4v) is 13.9. The number of anilines is 7. The summed E-state index contributed by atoms with van der Waals surface area (Å²) < 4.78 is 31.3. The smallest absolute Gasteiger partial charge is 0.269 e. The lowest BCUT2D eigenvalue weighted by Gasteiger charge is -2.31. The first-order chi connectivity index (χ1) is 51.4. The Morgan fingerprint density at radius 2 is 0.937 bits per heavy atom. The predicted octanol–water partition coefficient (Wildman–Crippen LogP) is 13.6. The number of aromatic nitrogens is 2. The zero-order valence-electron chi connectivity index (χ0n) is 64.1. The molecule has 1 aromatic heterocycles. The molecule has 4 atom stereocenters. The summed E-state index contributed by atoms with van der Waals surface area (Å²) in [6.07, 6.45) is 17.9. The Balaban J connectivity index is 0.000000286. The molecule has 1 amide bonds. The van der Waals surface area contributed by atoms with Crippen LogP contribution in [0.5, 0.6) is 17.4 Å². The van der Waals surface area contributed by atoms with Crippen molar-refractivity contribution in [3.05, 3.63) is 166 Å². The zero-order valence-corrected chi connectivity index (χ0v) is 70.5. The lowest BCUT2D eigenvalue weighted by Crippen LogP contribution is -2.39. The van der Waals surface area contributed by atoms with E-state index >= 15 is 0 Å². The van der Waals surface area contributed by atoms with Gasteiger partial charge >= 0.3 is 0 Å². The van der Waals surface area contributed by atoms with Gasteiger partial charge in [0.2, 0.25) is 11.2 Å². The van der Waals surface area contributed by atoms with Crippen LogP contribution in [0.25, 0.3) is 0 Å². The number of nitro groups is 2. The van der Waals surface area contributed by atoms with Gasteiger partial charge in [0.1, 0.15) is 5.75 Å². The van der Waals surface area contributed by atoms with Gasteiger partial charge in [-0.15, -0.1) is 0 Å². The molecule has 0 unspecified atom stereocenters. The first-order valence-electron chi connectivity index (χ1n) is 37.0. The Hall–Kier alpha value is -6.56. The molecule has 4 saturated heterocycles. The number of hydrogen-bond acceptors (Lipinski definition) is 23. The van der Waals surface area contributed by atoms with Gasteiger partial charge in [-0.3, -0.25) is 44.6 Å². The first-order valence-corrected chi connectivity index (χ1v) is 38.3. The zero-order chi connectivity index (χ0) is 75.3. The monoisotopic (exact) mass is 1700 g/mol. The number of amides is 1. The van der Waals surface area contributed by atoms with E-state index in [1.165, 1.54) is 120 Å². The van der Waals surface area contributed by atoms with Crippen molar-refractivity contribution in [1.29, 1.82) is 0 Å². The minimum absolute atomic E-state index is 0. The number of rotatable bonds is 30. The summed E-state index contributed by atoms with van der Waals surface area (Å²) in [6, 6.07) is 41.4. The van der Waals surface area contributed by atoms with Crippen molar-refractivity contribution in [3.63, 3.8) is 0 Å². The fraction of sp³-hybridized carbons (Fsp3) is 0.532. The van der Waals surface area contributed by atoms with Crippen LogP contribution in [-0.4, -0.2) is 233 Å². The number of ether oxygens (including phenoxy) is 6. The van der Waals surface area contributed by atoms with Crippen molar-refractivity contribution in [2.45, 2.75) is 132 Å². The van der Waals surface area contributed by atoms with Crippen molar-refractivity contribution in [2.75, 3.05) is 177 Å². The number of methoxy groups -OCH3 is 5. The predicted molar refractivity (Wildman–Crippen MR) is 474 cm³/mol. The second kappa shape index (κ2) is 50.6. The molecule has 8 aliphatic rings. The molecule has 14 rings (SSSR count). The highest BCUT2D eigenvalue weighted by Gasteiger charge is 2.40. The van der Waals surface area contributed by atoms with E-state index in [0.717, 1.165) is 144 Å². The average Bonchev–Trinajstić information content (AvgIpc) is 1.67. The Labute approximate surface area is 698 Å². The van der Waals surface area contributed by atoms with Gasteiger partial charge in [-0.25, -0.2) is 4.98 Å². The number of nitrogens with two attached hydrogens (primary N) is 2. The lowest BCUT2D eigenvalue weighted by molar-refractivity contribution is -0.385. The molecule has 32 heteroatoms. The van der Waals surface area contributed by atoms with Gasteiger partial charge in [-0.1, -0.05) is 36.0 Å². The van der Waals surface area contributed by atoms with Crippen LogP contribution in [0.2, 0.25) is 5.28 Å². The lowest BCUT2D eigenvalue weighted by atomic mass is 10.1. The van der Waals surface area contributed by atoms with Crippen LogP contribution in [0, 0.1) is 20.2 Å². The molecule has 4 aliphatic carbocycles. The maximum absolute atomic E-state index is 11.3. The molecule has 4 aliphatic heterocycles. The van der Waals surface area contributed by atoms with Crippen molar-refractivity contribution in [1.82, 2.24) is 29.6 Å². The standard InChI is InChI=1S/C16H23N3O3.2C16H25N3O.C14H12ClN3O3.C13H19N3O3.C3H5Br.CH4.4H2S/c1-22-11-10-17-9-8-16(12-17)18(13-2-3-13)14-4-6-15(7-5-14)19(20)21;2*1-20-11-10-18-9-8-16(12-18)19(15-6-7-15)14-4-2-13(17)3-5-14;1-3-12(19)17-9-5-4-6-10(7-9)21-13-11(20-2)8-16-14(15)18-13;1-19-9-8-15-7-6-12(10-15)14-11-2-4-13(5-3-11)16(17)18;4-3-1-2-3;;;;;/h4-7,13,16H,2-3,8-12H2,1H3;2*2-5,15-16H,6-12,17H2,1H3;3-8H,1H2,2H3,(H,17,19);2-5,12,14H,6-10H2,1H3;3H,1-2H2;1H4;4*1H2/t3*16-;;12-;;;;;;/m000.0....../s1. The van der Waals surface area contributed by atoms with E-state index in [9.17, 15) is 25.0 Å². The molecule has 6 N–H and O–H groups in total. The number of non-ortho nitro benzene ring substituents is 2. The van der Waals surface area contributed by atoms with Gasteiger partial charge in [-0.05, 0) is 180 Å². The molecule has 5 aromatic carbocycles. The van der Waals surface area contributed by atoms with Gasteiger partial charge < -0.3 is 65.2 Å². The maximum Gasteiger partial charge on any atom is 0.269 e. The molecule has 4 saturated carbocycles. The van der Waals surface area contributed by atoms with Crippen molar-refractivity contribution in [2.24, 2.45) is 0 Å². The molecule has 0 bridgehead atoms. The Morgan fingerprint density at radius 1 is 0.559 bits per heavy atom. The van der Waals surface area contributed by atoms with E-state index in [0.29, 0.717) is 47.4 Å². The SMILES string of the molecule is BrC1CC1.C.C=CC(=O)Nc1cccc(Oc2nc(Cl)ncc2OC)c1.COCCN1CC[C@H](N(c2ccc(N)cc2)C2CC2)C1.COCCN1CC[C@H](N(c2ccc(N)cc2)C2CC2)C1.COCCN1CC[C@H](N(c2ccc([N+](=O)[O-])cc2)C2CC2)C1.COCCN1CC[C@H](Nc2ccc([N+](=O)[O-])cc2)C1.S.S.S.S. The summed E-state index contributed by atoms with van der Waals surface area (Å²) >= 11 is 9.12. The van der Waals surface area contributed by atoms with Crippen LogP contribution < -0.4 is 46.3 Å². The number of likely N-dealkylation sites (tertiary alicyclic amines) is 4. The molecular formula is C79H121BrClN15O11S4. The van der Waals surface area contributed by atoms with E-state index in [4.69, 9.17) is 51.5 Å². The topological polar surface area (TPSA) is 283 Å². The van der Waals surface area contributed by atoms with Crippen LogP contribution in [-0.2, 0) is 23.7 Å². The number of nitrogens with one attached hydrogen (secondary N) is 2. The minimum Gasteiger partial charge on any atom is -0.490 e. The fourth-order valence-electron chi connectivity index (χ4n) is 13.5. The van der Waals surface area contributed by atoms with Gasteiger partial charge in [0.05, 0.1) is 49.6 Å². The molecule has 8 fully saturated rings. The Morgan fingerprint density at radius 3 is 1.30 bits per heavy atom. The third kappa shape index (κ3) is 32.7. The van der Waals surface area contributed by atoms with Crippen molar-refractivity contribution in [3.8, 4) is 17.4 Å². The number of hydrogen-bond donors (Lipinski definition) is 4.